The summed E-state index contributed by atoms with van der Waals surface area (Å²) < 4.78 is 7.56. The van der Waals surface area contributed by atoms with Crippen molar-refractivity contribution in [2.75, 3.05) is 37.7 Å². The molecule has 1 aliphatic rings. The number of aryl methyl sites for hydroxylation is 1. The van der Waals surface area contributed by atoms with Crippen LogP contribution in [0.5, 0.6) is 5.75 Å². The standard InChI is InChI=1S/C25H26N6O2/c1-3-33-21-10-9-19-7-4-5-8-20(19)24(21)25(32)30-15-13-29(14-16-30)22-17-23(28-18(2)27-22)31-12-6-11-26-31/h4-12,17H,3,13-16H2,1-2H3. The van der Waals surface area contributed by atoms with Gasteiger partial charge in [-0.25, -0.2) is 14.6 Å². The Morgan fingerprint density at radius 1 is 1.00 bits per heavy atom. The summed E-state index contributed by atoms with van der Waals surface area (Å²) in [6, 6.07) is 15.7. The zero-order valence-corrected chi connectivity index (χ0v) is 18.8. The second kappa shape index (κ2) is 8.90. The summed E-state index contributed by atoms with van der Waals surface area (Å²) in [7, 11) is 0. The molecule has 1 fully saturated rings. The lowest BCUT2D eigenvalue weighted by Crippen LogP contribution is -2.49. The number of carbonyl (C=O) groups excluding carboxylic acids is 1. The summed E-state index contributed by atoms with van der Waals surface area (Å²) in [5.41, 5.74) is 0.641. The Balaban J connectivity index is 1.37. The molecule has 8 heteroatoms. The van der Waals surface area contributed by atoms with Gasteiger partial charge in [0.25, 0.3) is 5.91 Å². The smallest absolute Gasteiger partial charge is 0.258 e. The van der Waals surface area contributed by atoms with Crippen molar-refractivity contribution in [1.82, 2.24) is 24.6 Å². The number of ether oxygens (including phenoxy) is 1. The minimum atomic E-state index is 0.00555. The molecule has 0 saturated carbocycles. The van der Waals surface area contributed by atoms with Gasteiger partial charge in [0.05, 0.1) is 12.2 Å². The van der Waals surface area contributed by atoms with Crippen molar-refractivity contribution < 1.29 is 9.53 Å². The van der Waals surface area contributed by atoms with Crippen LogP contribution in [0.3, 0.4) is 0 Å². The normalized spacial score (nSPS) is 14.0. The zero-order valence-electron chi connectivity index (χ0n) is 18.8. The number of hydrogen-bond donors (Lipinski definition) is 0. The Morgan fingerprint density at radius 2 is 1.79 bits per heavy atom. The molecule has 0 unspecified atom stereocenters. The second-order valence-corrected chi connectivity index (χ2v) is 7.95. The molecule has 0 bridgehead atoms. The number of fused-ring (bicyclic) bond motifs is 1. The molecular formula is C25H26N6O2. The van der Waals surface area contributed by atoms with E-state index >= 15 is 0 Å². The van der Waals surface area contributed by atoms with E-state index in [1.54, 1.807) is 10.9 Å². The lowest BCUT2D eigenvalue weighted by Gasteiger charge is -2.36. The van der Waals surface area contributed by atoms with Crippen LogP contribution < -0.4 is 9.64 Å². The third-order valence-electron chi connectivity index (χ3n) is 5.85. The number of piperazine rings is 1. The summed E-state index contributed by atoms with van der Waals surface area (Å²) in [5.74, 6) is 2.91. The number of aromatic nitrogens is 4. The highest BCUT2D eigenvalue weighted by molar-refractivity contribution is 6.09. The molecule has 0 N–H and O–H groups in total. The van der Waals surface area contributed by atoms with Gasteiger partial charge < -0.3 is 14.5 Å². The first kappa shape index (κ1) is 20.9. The Bertz CT molecular complexity index is 1280. The van der Waals surface area contributed by atoms with Crippen LogP contribution >= 0.6 is 0 Å². The summed E-state index contributed by atoms with van der Waals surface area (Å²) in [6.45, 7) is 6.92. The number of anilines is 1. The van der Waals surface area contributed by atoms with E-state index in [0.717, 1.165) is 22.4 Å². The largest absolute Gasteiger partial charge is 0.493 e. The highest BCUT2D eigenvalue weighted by Gasteiger charge is 2.27. The van der Waals surface area contributed by atoms with E-state index in [2.05, 4.69) is 20.0 Å². The molecule has 5 rings (SSSR count). The topological polar surface area (TPSA) is 76.4 Å². The summed E-state index contributed by atoms with van der Waals surface area (Å²) in [5, 5.41) is 6.23. The highest BCUT2D eigenvalue weighted by Crippen LogP contribution is 2.30. The zero-order chi connectivity index (χ0) is 22.8. The van der Waals surface area contributed by atoms with Gasteiger partial charge in [-0.2, -0.15) is 5.10 Å². The summed E-state index contributed by atoms with van der Waals surface area (Å²) >= 11 is 0. The van der Waals surface area contributed by atoms with Crippen LogP contribution in [0.25, 0.3) is 16.6 Å². The van der Waals surface area contributed by atoms with Gasteiger partial charge in [-0.1, -0.05) is 30.3 Å². The average Bonchev–Trinajstić information content (AvgIpc) is 3.39. The predicted octanol–water partition coefficient (Wildman–Crippen LogP) is 3.49. The number of carbonyl (C=O) groups is 1. The first-order valence-electron chi connectivity index (χ1n) is 11.2. The van der Waals surface area contributed by atoms with E-state index in [9.17, 15) is 4.79 Å². The minimum absolute atomic E-state index is 0.00555. The third-order valence-corrected chi connectivity index (χ3v) is 5.85. The minimum Gasteiger partial charge on any atom is -0.493 e. The quantitative estimate of drug-likeness (QED) is 0.471. The van der Waals surface area contributed by atoms with Crippen molar-refractivity contribution in [3.05, 3.63) is 72.3 Å². The van der Waals surface area contributed by atoms with Crippen LogP contribution in [0.4, 0.5) is 5.82 Å². The predicted molar refractivity (Wildman–Crippen MR) is 127 cm³/mol. The molecule has 8 nitrogen and oxygen atoms in total. The molecule has 1 aliphatic heterocycles. The van der Waals surface area contributed by atoms with E-state index in [1.165, 1.54) is 0 Å². The number of hydrogen-bond acceptors (Lipinski definition) is 6. The van der Waals surface area contributed by atoms with E-state index in [4.69, 9.17) is 4.74 Å². The molecule has 33 heavy (non-hydrogen) atoms. The van der Waals surface area contributed by atoms with E-state index in [0.29, 0.717) is 49.9 Å². The molecule has 0 radical (unpaired) electrons. The second-order valence-electron chi connectivity index (χ2n) is 7.95. The Hall–Kier alpha value is -3.94. The van der Waals surface area contributed by atoms with Crippen molar-refractivity contribution in [3.8, 4) is 11.6 Å². The lowest BCUT2D eigenvalue weighted by atomic mass is 10.0. The van der Waals surface area contributed by atoms with Gasteiger partial charge >= 0.3 is 0 Å². The Labute approximate surface area is 192 Å². The van der Waals surface area contributed by atoms with Crippen molar-refractivity contribution in [1.29, 1.82) is 0 Å². The lowest BCUT2D eigenvalue weighted by molar-refractivity contribution is 0.0744. The fourth-order valence-electron chi connectivity index (χ4n) is 4.26. The first-order valence-corrected chi connectivity index (χ1v) is 11.2. The van der Waals surface area contributed by atoms with Gasteiger partial charge in [-0.15, -0.1) is 0 Å². The van der Waals surface area contributed by atoms with Crippen molar-refractivity contribution in [3.63, 3.8) is 0 Å². The van der Waals surface area contributed by atoms with Crippen molar-refractivity contribution in [2.24, 2.45) is 0 Å². The van der Waals surface area contributed by atoms with E-state index < -0.39 is 0 Å². The molecule has 4 aromatic rings. The number of rotatable bonds is 5. The van der Waals surface area contributed by atoms with E-state index in [1.807, 2.05) is 73.5 Å². The van der Waals surface area contributed by atoms with Crippen molar-refractivity contribution >= 4 is 22.5 Å². The number of benzene rings is 2. The van der Waals surface area contributed by atoms with Crippen LogP contribution in [0.15, 0.2) is 60.9 Å². The van der Waals surface area contributed by atoms with Crippen LogP contribution in [0.2, 0.25) is 0 Å². The maximum Gasteiger partial charge on any atom is 0.258 e. The molecule has 0 aliphatic carbocycles. The fraction of sp³-hybridized carbons (Fsp3) is 0.280. The van der Waals surface area contributed by atoms with Crippen LogP contribution in [-0.4, -0.2) is 63.3 Å². The molecular weight excluding hydrogens is 416 g/mol. The highest BCUT2D eigenvalue weighted by atomic mass is 16.5. The number of amides is 1. The van der Waals surface area contributed by atoms with Crippen LogP contribution in [0.1, 0.15) is 23.1 Å². The molecule has 2 aromatic heterocycles. The fourth-order valence-corrected chi connectivity index (χ4v) is 4.26. The molecule has 0 spiro atoms. The first-order chi connectivity index (χ1) is 16.1. The third kappa shape index (κ3) is 4.11. The van der Waals surface area contributed by atoms with Gasteiger partial charge in [0.15, 0.2) is 5.82 Å². The maximum atomic E-state index is 13.6. The monoisotopic (exact) mass is 442 g/mol. The van der Waals surface area contributed by atoms with Crippen LogP contribution in [-0.2, 0) is 0 Å². The average molecular weight is 443 g/mol. The van der Waals surface area contributed by atoms with E-state index in [-0.39, 0.29) is 5.91 Å². The Morgan fingerprint density at radius 3 is 2.55 bits per heavy atom. The SMILES string of the molecule is CCOc1ccc2ccccc2c1C(=O)N1CCN(c2cc(-n3cccn3)nc(C)n2)CC1. The van der Waals surface area contributed by atoms with Gasteiger partial charge in [0.1, 0.15) is 17.4 Å². The van der Waals surface area contributed by atoms with Gasteiger partial charge in [-0.3, -0.25) is 4.79 Å². The maximum absolute atomic E-state index is 13.6. The van der Waals surface area contributed by atoms with Gasteiger partial charge in [0.2, 0.25) is 0 Å². The molecule has 3 heterocycles. The summed E-state index contributed by atoms with van der Waals surface area (Å²) in [6.07, 6.45) is 3.59. The van der Waals surface area contributed by atoms with Gasteiger partial charge in [0, 0.05) is 44.6 Å². The molecule has 0 atom stereocenters. The summed E-state index contributed by atoms with van der Waals surface area (Å²) in [4.78, 5) is 26.8. The molecule has 1 saturated heterocycles. The van der Waals surface area contributed by atoms with Gasteiger partial charge in [-0.05, 0) is 36.8 Å². The van der Waals surface area contributed by atoms with Crippen molar-refractivity contribution in [2.45, 2.75) is 13.8 Å². The molecule has 2 aromatic carbocycles. The number of nitrogens with zero attached hydrogens (tertiary/aromatic N) is 6. The van der Waals surface area contributed by atoms with Crippen LogP contribution in [0, 0.1) is 6.92 Å². The molecule has 168 valence electrons. The Kier molecular flexibility index (Phi) is 5.64. The molecule has 1 amide bonds.